The van der Waals surface area contributed by atoms with E-state index in [2.05, 4.69) is 5.32 Å². The summed E-state index contributed by atoms with van der Waals surface area (Å²) in [5.41, 5.74) is 7.74. The Bertz CT molecular complexity index is 542. The van der Waals surface area contributed by atoms with Crippen molar-refractivity contribution in [3.63, 3.8) is 0 Å². The average molecular weight is 321 g/mol. The Balaban J connectivity index is 2.02. The number of hydrogen-bond acceptors (Lipinski definition) is 4. The number of carbonyl (C=O) groups excluding carboxylic acids is 2. The van der Waals surface area contributed by atoms with Crippen LogP contribution in [0.25, 0.3) is 0 Å². The number of nitrogens with two attached hydrogens (primary N) is 1. The monoisotopic (exact) mass is 321 g/mol. The first kappa shape index (κ1) is 16.8. The molecule has 1 aromatic carbocycles. The molecule has 1 heterocycles. The fourth-order valence-corrected chi connectivity index (χ4v) is 3.26. The second kappa shape index (κ2) is 8.19. The molecule has 0 aliphatic carbocycles. The molecule has 0 spiro atoms. The quantitative estimate of drug-likeness (QED) is 0.868. The van der Waals surface area contributed by atoms with Crippen LogP contribution in [-0.4, -0.2) is 47.9 Å². The fraction of sp³-hybridized carbons (Fsp3) is 0.500. The van der Waals surface area contributed by atoms with Gasteiger partial charge in [-0.2, -0.15) is 11.8 Å². The number of nitrogens with zero attached hydrogens (tertiary/aromatic N) is 1. The number of rotatable bonds is 5. The Hall–Kier alpha value is -1.53. The largest absolute Gasteiger partial charge is 0.337 e. The highest BCUT2D eigenvalue weighted by Crippen LogP contribution is 2.19. The second-order valence-electron chi connectivity index (χ2n) is 5.37. The van der Waals surface area contributed by atoms with Gasteiger partial charge in [0.2, 0.25) is 5.91 Å². The van der Waals surface area contributed by atoms with Crippen molar-refractivity contribution in [3.8, 4) is 0 Å². The SMILES string of the molecule is Cc1cc(C(=O)N2CCSCC2)ccc1NC(=O)CCCN. The number of aryl methyl sites for hydroxylation is 1. The van der Waals surface area contributed by atoms with Crippen molar-refractivity contribution >= 4 is 29.3 Å². The van der Waals surface area contributed by atoms with Crippen LogP contribution in [0.1, 0.15) is 28.8 Å². The summed E-state index contributed by atoms with van der Waals surface area (Å²) in [6, 6.07) is 5.44. The predicted octanol–water partition coefficient (Wildman–Crippen LogP) is 1.86. The molecule has 2 rings (SSSR count). The lowest BCUT2D eigenvalue weighted by atomic mass is 10.1. The van der Waals surface area contributed by atoms with Crippen molar-refractivity contribution in [2.75, 3.05) is 36.5 Å². The normalized spacial score (nSPS) is 14.7. The van der Waals surface area contributed by atoms with E-state index in [1.165, 1.54) is 0 Å². The maximum absolute atomic E-state index is 12.4. The molecule has 0 atom stereocenters. The van der Waals surface area contributed by atoms with Crippen LogP contribution >= 0.6 is 11.8 Å². The molecule has 6 heteroatoms. The van der Waals surface area contributed by atoms with Gasteiger partial charge in [0.1, 0.15) is 0 Å². The molecule has 1 fully saturated rings. The van der Waals surface area contributed by atoms with Crippen LogP contribution in [0, 0.1) is 6.92 Å². The van der Waals surface area contributed by atoms with Gasteiger partial charge in [-0.15, -0.1) is 0 Å². The van der Waals surface area contributed by atoms with E-state index in [9.17, 15) is 9.59 Å². The number of nitrogens with one attached hydrogen (secondary N) is 1. The molecule has 1 aliphatic heterocycles. The summed E-state index contributed by atoms with van der Waals surface area (Å²) >= 11 is 1.88. The molecule has 1 saturated heterocycles. The highest BCUT2D eigenvalue weighted by Gasteiger charge is 2.19. The molecule has 2 amide bonds. The van der Waals surface area contributed by atoms with Gasteiger partial charge in [-0.25, -0.2) is 0 Å². The maximum Gasteiger partial charge on any atom is 0.253 e. The Labute approximate surface area is 135 Å². The Kier molecular flexibility index (Phi) is 6.27. The first-order valence-electron chi connectivity index (χ1n) is 7.59. The third kappa shape index (κ3) is 4.48. The fourth-order valence-electron chi connectivity index (χ4n) is 2.36. The van der Waals surface area contributed by atoms with E-state index in [1.54, 1.807) is 6.07 Å². The molecule has 5 nitrogen and oxygen atoms in total. The lowest BCUT2D eigenvalue weighted by Crippen LogP contribution is -2.37. The van der Waals surface area contributed by atoms with E-state index in [4.69, 9.17) is 5.73 Å². The molecular formula is C16H23N3O2S. The van der Waals surface area contributed by atoms with Gasteiger partial charge in [-0.1, -0.05) is 0 Å². The third-order valence-corrected chi connectivity index (χ3v) is 4.60. The zero-order valence-corrected chi connectivity index (χ0v) is 13.7. The minimum Gasteiger partial charge on any atom is -0.337 e. The summed E-state index contributed by atoms with van der Waals surface area (Å²) in [6.07, 6.45) is 1.09. The van der Waals surface area contributed by atoms with Gasteiger partial charge in [0.25, 0.3) is 5.91 Å². The van der Waals surface area contributed by atoms with Crippen molar-refractivity contribution in [1.29, 1.82) is 0 Å². The van der Waals surface area contributed by atoms with Crippen molar-refractivity contribution in [3.05, 3.63) is 29.3 Å². The summed E-state index contributed by atoms with van der Waals surface area (Å²) in [5, 5.41) is 2.87. The number of anilines is 1. The molecule has 1 aromatic rings. The van der Waals surface area contributed by atoms with Gasteiger partial charge < -0.3 is 16.0 Å². The van der Waals surface area contributed by atoms with E-state index in [0.29, 0.717) is 24.9 Å². The van der Waals surface area contributed by atoms with Crippen LogP contribution < -0.4 is 11.1 Å². The highest BCUT2D eigenvalue weighted by molar-refractivity contribution is 7.99. The number of amides is 2. The van der Waals surface area contributed by atoms with E-state index in [-0.39, 0.29) is 11.8 Å². The van der Waals surface area contributed by atoms with Crippen molar-refractivity contribution < 1.29 is 9.59 Å². The molecule has 0 aromatic heterocycles. The van der Waals surface area contributed by atoms with Crippen LogP contribution in [0.15, 0.2) is 18.2 Å². The van der Waals surface area contributed by atoms with Gasteiger partial charge in [0, 0.05) is 42.3 Å². The van der Waals surface area contributed by atoms with Crippen molar-refractivity contribution in [1.82, 2.24) is 4.90 Å². The molecule has 22 heavy (non-hydrogen) atoms. The van der Waals surface area contributed by atoms with E-state index in [0.717, 1.165) is 35.8 Å². The number of hydrogen-bond donors (Lipinski definition) is 2. The third-order valence-electron chi connectivity index (χ3n) is 3.65. The topological polar surface area (TPSA) is 75.4 Å². The van der Waals surface area contributed by atoms with Crippen LogP contribution in [0.3, 0.4) is 0 Å². The molecule has 0 saturated carbocycles. The lowest BCUT2D eigenvalue weighted by Gasteiger charge is -2.26. The first-order chi connectivity index (χ1) is 10.6. The van der Waals surface area contributed by atoms with Gasteiger partial charge in [-0.3, -0.25) is 9.59 Å². The number of benzene rings is 1. The zero-order chi connectivity index (χ0) is 15.9. The number of thioether (sulfide) groups is 1. The Morgan fingerprint density at radius 2 is 2.05 bits per heavy atom. The maximum atomic E-state index is 12.4. The summed E-state index contributed by atoms with van der Waals surface area (Å²) in [7, 11) is 0. The molecule has 0 bridgehead atoms. The van der Waals surface area contributed by atoms with Gasteiger partial charge in [-0.05, 0) is 43.7 Å². The Morgan fingerprint density at radius 3 is 2.68 bits per heavy atom. The van der Waals surface area contributed by atoms with Gasteiger partial charge in [0.15, 0.2) is 0 Å². The molecule has 3 N–H and O–H groups in total. The molecule has 0 unspecified atom stereocenters. The summed E-state index contributed by atoms with van der Waals surface area (Å²) in [5.74, 6) is 2.03. The van der Waals surface area contributed by atoms with Gasteiger partial charge in [0.05, 0.1) is 0 Å². The van der Waals surface area contributed by atoms with E-state index < -0.39 is 0 Å². The zero-order valence-electron chi connectivity index (χ0n) is 12.9. The smallest absolute Gasteiger partial charge is 0.253 e. The summed E-state index contributed by atoms with van der Waals surface area (Å²) in [6.45, 7) is 4.02. The molecule has 0 radical (unpaired) electrons. The Morgan fingerprint density at radius 1 is 1.32 bits per heavy atom. The van der Waals surface area contributed by atoms with E-state index in [1.807, 2.05) is 35.7 Å². The first-order valence-corrected chi connectivity index (χ1v) is 8.75. The van der Waals surface area contributed by atoms with E-state index >= 15 is 0 Å². The van der Waals surface area contributed by atoms with Gasteiger partial charge >= 0.3 is 0 Å². The minimum absolute atomic E-state index is 0.0410. The minimum atomic E-state index is -0.0410. The standard InChI is InChI=1S/C16H23N3O2S/c1-12-11-13(16(21)19-7-9-22-10-8-19)4-5-14(12)18-15(20)3-2-6-17/h4-5,11H,2-3,6-10,17H2,1H3,(H,18,20). The van der Waals surface area contributed by atoms with Crippen LogP contribution in [-0.2, 0) is 4.79 Å². The predicted molar refractivity (Wildman–Crippen MR) is 91.3 cm³/mol. The number of carbonyl (C=O) groups is 2. The van der Waals surface area contributed by atoms with Crippen molar-refractivity contribution in [2.24, 2.45) is 5.73 Å². The van der Waals surface area contributed by atoms with Crippen LogP contribution in [0.5, 0.6) is 0 Å². The lowest BCUT2D eigenvalue weighted by molar-refractivity contribution is -0.116. The molecule has 1 aliphatic rings. The second-order valence-corrected chi connectivity index (χ2v) is 6.60. The molecule has 120 valence electrons. The van der Waals surface area contributed by atoms with Crippen LogP contribution in [0.2, 0.25) is 0 Å². The average Bonchev–Trinajstić information content (AvgIpc) is 2.55. The summed E-state index contributed by atoms with van der Waals surface area (Å²) in [4.78, 5) is 26.1. The van der Waals surface area contributed by atoms with Crippen LogP contribution in [0.4, 0.5) is 5.69 Å². The summed E-state index contributed by atoms with van der Waals surface area (Å²) < 4.78 is 0. The molecular weight excluding hydrogens is 298 g/mol. The highest BCUT2D eigenvalue weighted by atomic mass is 32.2. The van der Waals surface area contributed by atoms with Crippen molar-refractivity contribution in [2.45, 2.75) is 19.8 Å².